The smallest absolute Gasteiger partial charge is 0.213 e. The first-order valence-electron chi connectivity index (χ1n) is 7.82. The molecule has 2 heterocycles. The molecule has 1 saturated heterocycles. The van der Waals surface area contributed by atoms with Crippen molar-refractivity contribution < 1.29 is 9.47 Å². The van der Waals surface area contributed by atoms with Gasteiger partial charge in [0.25, 0.3) is 0 Å². The Morgan fingerprint density at radius 3 is 2.62 bits per heavy atom. The highest BCUT2D eigenvalue weighted by atomic mass is 16.5. The van der Waals surface area contributed by atoms with Gasteiger partial charge in [-0.25, -0.2) is 4.98 Å². The number of ether oxygens (including phenoxy) is 2. The van der Waals surface area contributed by atoms with E-state index in [2.05, 4.69) is 37.7 Å². The van der Waals surface area contributed by atoms with Crippen molar-refractivity contribution in [2.45, 2.75) is 58.8 Å². The Kier molecular flexibility index (Phi) is 4.77. The third-order valence-electron chi connectivity index (χ3n) is 4.48. The standard InChI is InChI=1S/C17H28N2O2/c1-12(2)20-15-7-8-16(18-10-15)21-17(5)9-14(4)19(6)11-13(17)3/h7-8,10,12-14H,9,11H2,1-6H3/t13-,14-,17?/m0/s1. The molecular formula is C17H28N2O2. The van der Waals surface area contributed by atoms with Crippen LogP contribution in [0.4, 0.5) is 0 Å². The molecule has 3 atom stereocenters. The zero-order chi connectivity index (χ0) is 15.6. The predicted octanol–water partition coefficient (Wildman–Crippen LogP) is 3.37. The normalized spacial score (nSPS) is 30.4. The van der Waals surface area contributed by atoms with Crippen LogP contribution in [0.5, 0.6) is 11.6 Å². The maximum absolute atomic E-state index is 6.24. The summed E-state index contributed by atoms with van der Waals surface area (Å²) in [5.41, 5.74) is -0.167. The van der Waals surface area contributed by atoms with Crippen LogP contribution in [-0.2, 0) is 0 Å². The third-order valence-corrected chi connectivity index (χ3v) is 4.48. The van der Waals surface area contributed by atoms with Gasteiger partial charge in [-0.3, -0.25) is 0 Å². The summed E-state index contributed by atoms with van der Waals surface area (Å²) in [5, 5.41) is 0. The number of likely N-dealkylation sites (tertiary alicyclic amines) is 1. The number of hydrogen-bond acceptors (Lipinski definition) is 4. The molecule has 1 aromatic rings. The summed E-state index contributed by atoms with van der Waals surface area (Å²) in [6.07, 6.45) is 2.91. The van der Waals surface area contributed by atoms with E-state index in [4.69, 9.17) is 9.47 Å². The third kappa shape index (κ3) is 3.88. The quantitative estimate of drug-likeness (QED) is 0.852. The number of rotatable bonds is 4. The van der Waals surface area contributed by atoms with Crippen molar-refractivity contribution in [2.75, 3.05) is 13.6 Å². The van der Waals surface area contributed by atoms with E-state index < -0.39 is 0 Å². The molecule has 0 spiro atoms. The van der Waals surface area contributed by atoms with Crippen LogP contribution < -0.4 is 9.47 Å². The molecular weight excluding hydrogens is 264 g/mol. The Labute approximate surface area is 128 Å². The first kappa shape index (κ1) is 16.1. The van der Waals surface area contributed by atoms with Gasteiger partial charge < -0.3 is 14.4 Å². The minimum absolute atomic E-state index is 0.158. The molecule has 1 aromatic heterocycles. The summed E-state index contributed by atoms with van der Waals surface area (Å²) in [6.45, 7) is 11.8. The van der Waals surface area contributed by atoms with Crippen molar-refractivity contribution in [3.63, 3.8) is 0 Å². The monoisotopic (exact) mass is 292 g/mol. The summed E-state index contributed by atoms with van der Waals surface area (Å²) in [6, 6.07) is 4.35. The van der Waals surface area contributed by atoms with Gasteiger partial charge >= 0.3 is 0 Å². The molecule has 4 heteroatoms. The molecule has 1 unspecified atom stereocenters. The van der Waals surface area contributed by atoms with Gasteiger partial charge in [0.15, 0.2) is 0 Å². The molecule has 118 valence electrons. The highest BCUT2D eigenvalue weighted by molar-refractivity contribution is 5.23. The maximum atomic E-state index is 6.24. The number of aromatic nitrogens is 1. The first-order valence-corrected chi connectivity index (χ1v) is 7.82. The molecule has 0 aliphatic carbocycles. The maximum Gasteiger partial charge on any atom is 0.213 e. The van der Waals surface area contributed by atoms with E-state index in [9.17, 15) is 0 Å². The van der Waals surface area contributed by atoms with Crippen LogP contribution in [0.1, 0.15) is 41.0 Å². The number of piperidine rings is 1. The van der Waals surface area contributed by atoms with Crippen LogP contribution in [0.25, 0.3) is 0 Å². The number of hydrogen-bond donors (Lipinski definition) is 0. The lowest BCUT2D eigenvalue weighted by atomic mass is 9.80. The second-order valence-corrected chi connectivity index (χ2v) is 6.81. The largest absolute Gasteiger partial charge is 0.489 e. The van der Waals surface area contributed by atoms with E-state index in [-0.39, 0.29) is 11.7 Å². The van der Waals surface area contributed by atoms with E-state index in [1.54, 1.807) is 6.20 Å². The molecule has 1 fully saturated rings. The van der Waals surface area contributed by atoms with Crippen molar-refractivity contribution in [1.82, 2.24) is 9.88 Å². The lowest BCUT2D eigenvalue weighted by molar-refractivity contribution is -0.0472. The molecule has 0 bridgehead atoms. The molecule has 0 amide bonds. The summed E-state index contributed by atoms with van der Waals surface area (Å²) in [7, 11) is 2.18. The van der Waals surface area contributed by atoms with E-state index in [1.807, 2.05) is 26.0 Å². The highest BCUT2D eigenvalue weighted by Gasteiger charge is 2.41. The average molecular weight is 292 g/mol. The summed E-state index contributed by atoms with van der Waals surface area (Å²) in [5.74, 6) is 1.93. The van der Waals surface area contributed by atoms with Crippen LogP contribution in [0.2, 0.25) is 0 Å². The van der Waals surface area contributed by atoms with Crippen LogP contribution in [0.15, 0.2) is 18.3 Å². The van der Waals surface area contributed by atoms with Gasteiger partial charge in [0.2, 0.25) is 5.88 Å². The zero-order valence-electron chi connectivity index (χ0n) is 14.1. The van der Waals surface area contributed by atoms with Gasteiger partial charge in [-0.05, 0) is 40.8 Å². The van der Waals surface area contributed by atoms with E-state index in [0.717, 1.165) is 18.7 Å². The van der Waals surface area contributed by atoms with Crippen LogP contribution in [0.3, 0.4) is 0 Å². The van der Waals surface area contributed by atoms with Crippen molar-refractivity contribution in [1.29, 1.82) is 0 Å². The van der Waals surface area contributed by atoms with Crippen LogP contribution in [0, 0.1) is 5.92 Å². The fourth-order valence-electron chi connectivity index (χ4n) is 2.90. The molecule has 4 nitrogen and oxygen atoms in total. The van der Waals surface area contributed by atoms with Gasteiger partial charge in [0.1, 0.15) is 11.4 Å². The average Bonchev–Trinajstić information content (AvgIpc) is 2.38. The molecule has 0 aromatic carbocycles. The second-order valence-electron chi connectivity index (χ2n) is 6.81. The van der Waals surface area contributed by atoms with Gasteiger partial charge in [-0.2, -0.15) is 0 Å². The van der Waals surface area contributed by atoms with Gasteiger partial charge in [-0.1, -0.05) is 6.92 Å². The van der Waals surface area contributed by atoms with Gasteiger partial charge in [0, 0.05) is 31.0 Å². The molecule has 1 aliphatic rings. The Morgan fingerprint density at radius 2 is 2.05 bits per heavy atom. The summed E-state index contributed by atoms with van der Waals surface area (Å²) < 4.78 is 11.9. The lowest BCUT2D eigenvalue weighted by Crippen LogP contribution is -2.54. The predicted molar refractivity (Wildman–Crippen MR) is 84.9 cm³/mol. The fraction of sp³-hybridized carbons (Fsp3) is 0.706. The summed E-state index contributed by atoms with van der Waals surface area (Å²) >= 11 is 0. The fourth-order valence-corrected chi connectivity index (χ4v) is 2.90. The van der Waals surface area contributed by atoms with Gasteiger partial charge in [-0.15, -0.1) is 0 Å². The topological polar surface area (TPSA) is 34.6 Å². The van der Waals surface area contributed by atoms with E-state index >= 15 is 0 Å². The van der Waals surface area contributed by atoms with Crippen molar-refractivity contribution in [3.8, 4) is 11.6 Å². The van der Waals surface area contributed by atoms with Crippen LogP contribution >= 0.6 is 0 Å². The van der Waals surface area contributed by atoms with Crippen molar-refractivity contribution >= 4 is 0 Å². The van der Waals surface area contributed by atoms with Gasteiger partial charge in [0.05, 0.1) is 12.3 Å². The van der Waals surface area contributed by atoms with Crippen molar-refractivity contribution in [2.24, 2.45) is 5.92 Å². The minimum Gasteiger partial charge on any atom is -0.489 e. The highest BCUT2D eigenvalue weighted by Crippen LogP contribution is 2.34. The SMILES string of the molecule is CC(C)Oc1ccc(OC2(C)C[C@H](C)N(C)C[C@@H]2C)nc1. The Balaban J connectivity index is 2.06. The molecule has 21 heavy (non-hydrogen) atoms. The molecule has 0 saturated carbocycles. The zero-order valence-corrected chi connectivity index (χ0v) is 14.1. The second kappa shape index (κ2) is 6.22. The van der Waals surface area contributed by atoms with Crippen molar-refractivity contribution in [3.05, 3.63) is 18.3 Å². The molecule has 0 radical (unpaired) electrons. The number of pyridine rings is 1. The lowest BCUT2D eigenvalue weighted by Gasteiger charge is -2.46. The Bertz CT molecular complexity index is 460. The van der Waals surface area contributed by atoms with E-state index in [1.165, 1.54) is 0 Å². The molecule has 2 rings (SSSR count). The van der Waals surface area contributed by atoms with Crippen LogP contribution in [-0.4, -0.2) is 41.2 Å². The first-order chi connectivity index (χ1) is 9.80. The summed E-state index contributed by atoms with van der Waals surface area (Å²) in [4.78, 5) is 6.78. The molecule has 0 N–H and O–H groups in total. The van der Waals surface area contributed by atoms with E-state index in [0.29, 0.717) is 17.8 Å². The Morgan fingerprint density at radius 1 is 1.33 bits per heavy atom. The minimum atomic E-state index is -0.167. The Hall–Kier alpha value is -1.29. The number of nitrogens with zero attached hydrogens (tertiary/aromatic N) is 2. The molecule has 1 aliphatic heterocycles.